The van der Waals surface area contributed by atoms with Gasteiger partial charge in [0, 0.05) is 17.8 Å². The monoisotopic (exact) mass is 480 g/mol. The highest BCUT2D eigenvalue weighted by atomic mass is 16.6. The zero-order chi connectivity index (χ0) is 24.5. The molecule has 34 heavy (non-hydrogen) atoms. The second-order valence-electron chi connectivity index (χ2n) is 12.7. The standard InChI is InChI=1S/C27H44O7/c1-15(28)18-8-11-27(32)20-5-4-16-12-17(33-14-22-24(31)21(29)13-23(30)34-22)6-9-25(16,2)19(20)7-10-26(18,27)3/h16-24,29-32H,4-14H2,1-3H3/t16-,17-,18+,19-,20+,21+,22-,23-,24+,25-,26+,27+/m0/s1. The molecule has 4 N–H and O–H groups in total. The quantitative estimate of drug-likeness (QED) is 0.489. The van der Waals surface area contributed by atoms with Crippen molar-refractivity contribution in [2.75, 3.05) is 6.61 Å². The summed E-state index contributed by atoms with van der Waals surface area (Å²) in [5.41, 5.74) is -0.857. The summed E-state index contributed by atoms with van der Waals surface area (Å²) in [6.07, 6.45) is 4.86. The molecule has 0 aromatic heterocycles. The second kappa shape index (κ2) is 8.77. The Balaban J connectivity index is 1.25. The molecule has 7 nitrogen and oxygen atoms in total. The maximum Gasteiger partial charge on any atom is 0.157 e. The van der Waals surface area contributed by atoms with E-state index in [1.165, 1.54) is 0 Å². The number of aliphatic hydroxyl groups excluding tert-OH is 3. The molecule has 0 spiro atoms. The SMILES string of the molecule is CC(=O)[C@H]1CC[C@@]2(O)[C@@H]3CC[C@H]4C[C@@H](OC[C@@H]5O[C@H](O)C[C@@H](O)[C@H]5O)CC[C@]4(C)[C@H]3CC[C@]12C. The second-order valence-corrected chi connectivity index (χ2v) is 12.7. The highest BCUT2D eigenvalue weighted by Crippen LogP contribution is 2.69. The third kappa shape index (κ3) is 3.72. The first-order valence-electron chi connectivity index (χ1n) is 13.5. The average Bonchev–Trinajstić information content (AvgIpc) is 3.06. The molecule has 0 bridgehead atoms. The van der Waals surface area contributed by atoms with Crippen molar-refractivity contribution < 1.29 is 34.7 Å². The van der Waals surface area contributed by atoms with Crippen molar-refractivity contribution in [3.63, 3.8) is 0 Å². The summed E-state index contributed by atoms with van der Waals surface area (Å²) in [4.78, 5) is 12.4. The lowest BCUT2D eigenvalue weighted by atomic mass is 9.43. The minimum absolute atomic E-state index is 0.0116. The first-order valence-corrected chi connectivity index (χ1v) is 13.5. The molecule has 5 aliphatic rings. The molecular weight excluding hydrogens is 436 g/mol. The number of ketones is 1. The molecule has 194 valence electrons. The van der Waals surface area contributed by atoms with Crippen LogP contribution in [0.2, 0.25) is 0 Å². The Hall–Kier alpha value is -0.570. The average molecular weight is 481 g/mol. The van der Waals surface area contributed by atoms with Crippen LogP contribution in [0.1, 0.15) is 85.0 Å². The first-order chi connectivity index (χ1) is 16.0. The Morgan fingerprint density at radius 1 is 0.971 bits per heavy atom. The van der Waals surface area contributed by atoms with Gasteiger partial charge in [0.15, 0.2) is 6.29 Å². The van der Waals surface area contributed by atoms with Crippen molar-refractivity contribution in [2.24, 2.45) is 34.5 Å². The molecule has 1 heterocycles. The number of carbonyl (C=O) groups excluding carboxylic acids is 1. The molecular formula is C27H44O7. The highest BCUT2D eigenvalue weighted by Gasteiger charge is 2.67. The van der Waals surface area contributed by atoms with Crippen LogP contribution in [0.5, 0.6) is 0 Å². The van der Waals surface area contributed by atoms with Gasteiger partial charge in [-0.25, -0.2) is 0 Å². The molecule has 7 heteroatoms. The summed E-state index contributed by atoms with van der Waals surface area (Å²) in [5, 5.41) is 42.0. The smallest absolute Gasteiger partial charge is 0.157 e. The minimum Gasteiger partial charge on any atom is -0.390 e. The number of hydrogen-bond acceptors (Lipinski definition) is 7. The third-order valence-corrected chi connectivity index (χ3v) is 11.3. The van der Waals surface area contributed by atoms with Gasteiger partial charge in [0.05, 0.1) is 24.4 Å². The molecule has 0 aromatic rings. The van der Waals surface area contributed by atoms with Gasteiger partial charge in [-0.15, -0.1) is 0 Å². The molecule has 0 unspecified atom stereocenters. The van der Waals surface area contributed by atoms with Gasteiger partial charge in [0.1, 0.15) is 18.0 Å². The van der Waals surface area contributed by atoms with Crippen LogP contribution >= 0.6 is 0 Å². The van der Waals surface area contributed by atoms with Crippen molar-refractivity contribution >= 4 is 5.78 Å². The molecule has 1 saturated heterocycles. The fourth-order valence-corrected chi connectivity index (χ4v) is 9.29. The summed E-state index contributed by atoms with van der Waals surface area (Å²) in [6, 6.07) is 0. The van der Waals surface area contributed by atoms with Crippen LogP contribution in [0.4, 0.5) is 0 Å². The van der Waals surface area contributed by atoms with E-state index in [0.29, 0.717) is 11.8 Å². The molecule has 4 saturated carbocycles. The van der Waals surface area contributed by atoms with Crippen molar-refractivity contribution in [1.82, 2.24) is 0 Å². The molecule has 0 aromatic carbocycles. The van der Waals surface area contributed by atoms with Crippen LogP contribution in [0.25, 0.3) is 0 Å². The fraction of sp³-hybridized carbons (Fsp3) is 0.963. The third-order valence-electron chi connectivity index (χ3n) is 11.3. The minimum atomic E-state index is -1.07. The zero-order valence-corrected chi connectivity index (χ0v) is 21.0. The van der Waals surface area contributed by atoms with E-state index < -0.39 is 30.2 Å². The van der Waals surface area contributed by atoms with E-state index in [4.69, 9.17) is 9.47 Å². The molecule has 0 radical (unpaired) electrons. The lowest BCUT2D eigenvalue weighted by Gasteiger charge is -2.63. The van der Waals surface area contributed by atoms with Gasteiger partial charge in [-0.3, -0.25) is 4.79 Å². The van der Waals surface area contributed by atoms with Crippen molar-refractivity contribution in [3.05, 3.63) is 0 Å². The molecule has 5 rings (SSSR count). The van der Waals surface area contributed by atoms with Crippen LogP contribution in [0.3, 0.4) is 0 Å². The summed E-state index contributed by atoms with van der Waals surface area (Å²) in [7, 11) is 0. The molecule has 0 amide bonds. The van der Waals surface area contributed by atoms with Crippen LogP contribution < -0.4 is 0 Å². The Labute approximate surface area is 203 Å². The predicted octanol–water partition coefficient (Wildman–Crippen LogP) is 2.56. The highest BCUT2D eigenvalue weighted by molar-refractivity contribution is 5.80. The number of fused-ring (bicyclic) bond motifs is 5. The summed E-state index contributed by atoms with van der Waals surface area (Å²) in [6.45, 7) is 6.47. The Morgan fingerprint density at radius 2 is 1.74 bits per heavy atom. The van der Waals surface area contributed by atoms with E-state index in [2.05, 4.69) is 13.8 Å². The summed E-state index contributed by atoms with van der Waals surface area (Å²) in [5.74, 6) is 1.50. The van der Waals surface area contributed by atoms with Crippen molar-refractivity contribution in [2.45, 2.75) is 121 Å². The number of ether oxygens (including phenoxy) is 2. The molecule has 12 atom stereocenters. The molecule has 4 aliphatic carbocycles. The van der Waals surface area contributed by atoms with Crippen molar-refractivity contribution in [1.29, 1.82) is 0 Å². The van der Waals surface area contributed by atoms with Crippen LogP contribution in [0.15, 0.2) is 0 Å². The van der Waals surface area contributed by atoms with Gasteiger partial charge in [-0.1, -0.05) is 13.8 Å². The molecule has 1 aliphatic heterocycles. The van der Waals surface area contributed by atoms with Gasteiger partial charge in [0.2, 0.25) is 0 Å². The van der Waals surface area contributed by atoms with Gasteiger partial charge < -0.3 is 29.9 Å². The lowest BCUT2D eigenvalue weighted by Crippen LogP contribution is -2.62. The normalized spacial score (nSPS) is 55.2. The Kier molecular flexibility index (Phi) is 6.48. The van der Waals surface area contributed by atoms with E-state index in [9.17, 15) is 25.2 Å². The van der Waals surface area contributed by atoms with Gasteiger partial charge >= 0.3 is 0 Å². The number of aliphatic hydroxyl groups is 4. The van der Waals surface area contributed by atoms with Gasteiger partial charge in [-0.05, 0) is 87.9 Å². The summed E-state index contributed by atoms with van der Waals surface area (Å²) >= 11 is 0. The number of Topliss-reactive ketones (excluding diaryl/α,β-unsaturated/α-hetero) is 1. The van der Waals surface area contributed by atoms with E-state index >= 15 is 0 Å². The zero-order valence-electron chi connectivity index (χ0n) is 21.0. The topological polar surface area (TPSA) is 116 Å². The summed E-state index contributed by atoms with van der Waals surface area (Å²) < 4.78 is 11.6. The van der Waals surface area contributed by atoms with Crippen LogP contribution in [-0.2, 0) is 14.3 Å². The number of rotatable bonds is 4. The maximum absolute atomic E-state index is 12.4. The van der Waals surface area contributed by atoms with E-state index in [1.54, 1.807) is 6.92 Å². The number of hydrogen-bond donors (Lipinski definition) is 4. The van der Waals surface area contributed by atoms with Crippen LogP contribution in [0, 0.1) is 34.5 Å². The van der Waals surface area contributed by atoms with Gasteiger partial charge in [-0.2, -0.15) is 0 Å². The maximum atomic E-state index is 12.4. The van der Waals surface area contributed by atoms with E-state index in [0.717, 1.165) is 57.8 Å². The Bertz CT molecular complexity index is 789. The predicted molar refractivity (Wildman–Crippen MR) is 125 cm³/mol. The lowest BCUT2D eigenvalue weighted by molar-refractivity contribution is -0.249. The fourth-order valence-electron chi connectivity index (χ4n) is 9.29. The first kappa shape index (κ1) is 25.1. The van der Waals surface area contributed by atoms with E-state index in [-0.39, 0.29) is 47.6 Å². The van der Waals surface area contributed by atoms with E-state index in [1.807, 2.05) is 0 Å². The van der Waals surface area contributed by atoms with Crippen LogP contribution in [-0.4, -0.2) is 69.1 Å². The largest absolute Gasteiger partial charge is 0.390 e. The van der Waals surface area contributed by atoms with Gasteiger partial charge in [0.25, 0.3) is 0 Å². The number of carbonyl (C=O) groups is 1. The van der Waals surface area contributed by atoms with Crippen molar-refractivity contribution in [3.8, 4) is 0 Å². The Morgan fingerprint density at radius 3 is 2.47 bits per heavy atom. The molecule has 5 fully saturated rings.